The molecule has 1 aliphatic rings. The molecule has 0 aliphatic carbocycles. The van der Waals surface area contributed by atoms with Crippen molar-refractivity contribution in [2.75, 3.05) is 13.1 Å². The predicted octanol–water partition coefficient (Wildman–Crippen LogP) is 3.35. The first kappa shape index (κ1) is 15.6. The molecule has 4 nitrogen and oxygen atoms in total. The van der Waals surface area contributed by atoms with Crippen LogP contribution in [0.15, 0.2) is 30.5 Å². The number of amides is 1. The summed E-state index contributed by atoms with van der Waals surface area (Å²) in [6.07, 6.45) is -3.34. The van der Waals surface area contributed by atoms with Gasteiger partial charge in [-0.1, -0.05) is 24.3 Å². The van der Waals surface area contributed by atoms with Crippen molar-refractivity contribution in [3.63, 3.8) is 0 Å². The van der Waals surface area contributed by atoms with E-state index in [4.69, 9.17) is 0 Å². The third-order valence-corrected chi connectivity index (χ3v) is 4.07. The Kier molecular flexibility index (Phi) is 3.87. The standard InChI is InChI=1S/C16H15F3N2O2/c17-16(18,19)7-10-5-6-21(9-10)15(23)13-14(22)12-4-2-1-3-11(12)8-20-13/h1-4,8,10,22H,5-7,9H2/t10-/m1/s1. The van der Waals surface area contributed by atoms with Gasteiger partial charge >= 0.3 is 6.18 Å². The van der Waals surface area contributed by atoms with Crippen LogP contribution in [0.5, 0.6) is 5.75 Å². The topological polar surface area (TPSA) is 53.4 Å². The molecule has 1 aromatic carbocycles. The first-order valence-electron chi connectivity index (χ1n) is 7.28. The van der Waals surface area contributed by atoms with Gasteiger partial charge in [-0.25, -0.2) is 4.98 Å². The summed E-state index contributed by atoms with van der Waals surface area (Å²) in [7, 11) is 0. The number of nitrogens with zero attached hydrogens (tertiary/aromatic N) is 2. The van der Waals surface area contributed by atoms with Crippen LogP contribution in [0.4, 0.5) is 13.2 Å². The van der Waals surface area contributed by atoms with Gasteiger partial charge in [-0.15, -0.1) is 0 Å². The van der Waals surface area contributed by atoms with Gasteiger partial charge in [0.2, 0.25) is 0 Å². The van der Waals surface area contributed by atoms with Gasteiger partial charge in [-0.2, -0.15) is 13.2 Å². The Morgan fingerprint density at radius 1 is 1.35 bits per heavy atom. The molecule has 23 heavy (non-hydrogen) atoms. The van der Waals surface area contributed by atoms with Gasteiger partial charge in [0.1, 0.15) is 0 Å². The lowest BCUT2D eigenvalue weighted by Crippen LogP contribution is -2.30. The molecule has 0 unspecified atom stereocenters. The van der Waals surface area contributed by atoms with Crippen LogP contribution >= 0.6 is 0 Å². The van der Waals surface area contributed by atoms with Crippen LogP contribution in [0.2, 0.25) is 0 Å². The Morgan fingerprint density at radius 2 is 2.09 bits per heavy atom. The number of carbonyl (C=O) groups excluding carboxylic acids is 1. The maximum atomic E-state index is 12.4. The van der Waals surface area contributed by atoms with Crippen molar-refractivity contribution in [2.45, 2.75) is 19.0 Å². The van der Waals surface area contributed by atoms with E-state index in [0.717, 1.165) is 0 Å². The van der Waals surface area contributed by atoms with Crippen LogP contribution in [0.25, 0.3) is 10.8 Å². The highest BCUT2D eigenvalue weighted by Crippen LogP contribution is 2.32. The zero-order valence-electron chi connectivity index (χ0n) is 12.2. The quantitative estimate of drug-likeness (QED) is 0.921. The van der Waals surface area contributed by atoms with Gasteiger partial charge in [0.25, 0.3) is 5.91 Å². The minimum absolute atomic E-state index is 0.0340. The van der Waals surface area contributed by atoms with E-state index in [1.165, 1.54) is 11.1 Å². The minimum atomic E-state index is -4.23. The zero-order valence-corrected chi connectivity index (χ0v) is 12.2. The smallest absolute Gasteiger partial charge is 0.389 e. The number of benzene rings is 1. The van der Waals surface area contributed by atoms with Crippen molar-refractivity contribution in [2.24, 2.45) is 5.92 Å². The van der Waals surface area contributed by atoms with E-state index in [2.05, 4.69) is 4.98 Å². The fraction of sp³-hybridized carbons (Fsp3) is 0.375. The third-order valence-electron chi connectivity index (χ3n) is 4.07. The van der Waals surface area contributed by atoms with E-state index in [9.17, 15) is 23.1 Å². The van der Waals surface area contributed by atoms with E-state index in [1.807, 2.05) is 0 Å². The molecule has 122 valence electrons. The number of aromatic hydroxyl groups is 1. The Morgan fingerprint density at radius 3 is 2.83 bits per heavy atom. The molecule has 2 aromatic rings. The average molecular weight is 324 g/mol. The SMILES string of the molecule is O=C(c1ncc2ccccc2c1O)N1CC[C@H](CC(F)(F)F)C1. The molecule has 1 aliphatic heterocycles. The summed E-state index contributed by atoms with van der Waals surface area (Å²) < 4.78 is 37.3. The second-order valence-electron chi connectivity index (χ2n) is 5.77. The predicted molar refractivity (Wildman–Crippen MR) is 78.1 cm³/mol. The molecule has 0 spiro atoms. The maximum Gasteiger partial charge on any atom is 0.389 e. The van der Waals surface area contributed by atoms with Gasteiger partial charge in [-0.05, 0) is 12.3 Å². The summed E-state index contributed by atoms with van der Waals surface area (Å²) in [5.41, 5.74) is -0.114. The van der Waals surface area contributed by atoms with E-state index in [1.54, 1.807) is 24.3 Å². The number of rotatable bonds is 2. The van der Waals surface area contributed by atoms with Gasteiger partial charge in [0.15, 0.2) is 11.4 Å². The first-order chi connectivity index (χ1) is 10.8. The summed E-state index contributed by atoms with van der Waals surface area (Å²) in [4.78, 5) is 17.8. The van der Waals surface area contributed by atoms with E-state index in [-0.39, 0.29) is 24.5 Å². The highest BCUT2D eigenvalue weighted by atomic mass is 19.4. The highest BCUT2D eigenvalue weighted by Gasteiger charge is 2.37. The lowest BCUT2D eigenvalue weighted by atomic mass is 10.1. The number of fused-ring (bicyclic) bond motifs is 1. The Bertz CT molecular complexity index is 746. The maximum absolute atomic E-state index is 12.4. The van der Waals surface area contributed by atoms with Crippen LogP contribution in [-0.2, 0) is 0 Å². The van der Waals surface area contributed by atoms with Crippen molar-refractivity contribution in [1.82, 2.24) is 9.88 Å². The van der Waals surface area contributed by atoms with Gasteiger partial charge in [0, 0.05) is 36.5 Å². The number of hydrogen-bond donors (Lipinski definition) is 1. The van der Waals surface area contributed by atoms with Gasteiger partial charge < -0.3 is 10.0 Å². The molecule has 1 aromatic heterocycles. The first-order valence-corrected chi connectivity index (χ1v) is 7.28. The molecular weight excluding hydrogens is 309 g/mol. The molecule has 1 amide bonds. The normalized spacial score (nSPS) is 18.6. The summed E-state index contributed by atoms with van der Waals surface area (Å²) in [6, 6.07) is 6.93. The molecule has 1 saturated heterocycles. The second kappa shape index (κ2) is 5.72. The van der Waals surface area contributed by atoms with E-state index < -0.39 is 24.4 Å². The van der Waals surface area contributed by atoms with Crippen molar-refractivity contribution in [1.29, 1.82) is 0 Å². The lowest BCUT2D eigenvalue weighted by molar-refractivity contribution is -0.143. The largest absolute Gasteiger partial charge is 0.505 e. The molecule has 7 heteroatoms. The number of likely N-dealkylation sites (tertiary alicyclic amines) is 1. The number of pyridine rings is 1. The third kappa shape index (κ3) is 3.23. The van der Waals surface area contributed by atoms with Crippen LogP contribution < -0.4 is 0 Å². The minimum Gasteiger partial charge on any atom is -0.505 e. The number of hydrogen-bond acceptors (Lipinski definition) is 3. The Hall–Kier alpha value is -2.31. The van der Waals surface area contributed by atoms with E-state index in [0.29, 0.717) is 17.2 Å². The van der Waals surface area contributed by atoms with Crippen LogP contribution in [0.3, 0.4) is 0 Å². The van der Waals surface area contributed by atoms with Crippen molar-refractivity contribution in [3.8, 4) is 5.75 Å². The molecule has 1 N–H and O–H groups in total. The van der Waals surface area contributed by atoms with E-state index >= 15 is 0 Å². The molecule has 1 fully saturated rings. The summed E-state index contributed by atoms with van der Waals surface area (Å²) >= 11 is 0. The number of alkyl halides is 3. The zero-order chi connectivity index (χ0) is 16.6. The molecule has 0 radical (unpaired) electrons. The monoisotopic (exact) mass is 324 g/mol. The number of halogens is 3. The molecule has 0 saturated carbocycles. The van der Waals surface area contributed by atoms with Gasteiger partial charge in [0.05, 0.1) is 0 Å². The fourth-order valence-electron chi connectivity index (χ4n) is 2.97. The number of carbonyl (C=O) groups is 1. The van der Waals surface area contributed by atoms with Crippen LogP contribution in [0, 0.1) is 5.92 Å². The molecular formula is C16H15F3N2O2. The molecule has 1 atom stereocenters. The lowest BCUT2D eigenvalue weighted by Gasteiger charge is -2.17. The molecule has 3 rings (SSSR count). The second-order valence-corrected chi connectivity index (χ2v) is 5.77. The highest BCUT2D eigenvalue weighted by molar-refractivity contribution is 6.01. The van der Waals surface area contributed by atoms with Crippen LogP contribution in [0.1, 0.15) is 23.3 Å². The van der Waals surface area contributed by atoms with Crippen molar-refractivity contribution < 1.29 is 23.1 Å². The summed E-state index contributed by atoms with van der Waals surface area (Å²) in [6.45, 7) is 0.278. The van der Waals surface area contributed by atoms with Gasteiger partial charge in [-0.3, -0.25) is 4.79 Å². The average Bonchev–Trinajstić information content (AvgIpc) is 2.93. The van der Waals surface area contributed by atoms with Crippen molar-refractivity contribution in [3.05, 3.63) is 36.2 Å². The number of aromatic nitrogens is 1. The van der Waals surface area contributed by atoms with Crippen molar-refractivity contribution >= 4 is 16.7 Å². The fourth-order valence-corrected chi connectivity index (χ4v) is 2.97. The van der Waals surface area contributed by atoms with Crippen LogP contribution in [-0.4, -0.2) is 40.2 Å². The Labute approximate surface area is 130 Å². The summed E-state index contributed by atoms with van der Waals surface area (Å²) in [5, 5.41) is 11.4. The summed E-state index contributed by atoms with van der Waals surface area (Å²) in [5.74, 6) is -1.35. The molecule has 2 heterocycles. The molecule has 0 bridgehead atoms. The Balaban J connectivity index is 1.80.